The summed E-state index contributed by atoms with van der Waals surface area (Å²) in [6.07, 6.45) is 3.23. The molecule has 1 amide bonds. The van der Waals surface area contributed by atoms with Gasteiger partial charge in [0.2, 0.25) is 5.91 Å². The maximum atomic E-state index is 11.8. The van der Waals surface area contributed by atoms with Crippen molar-refractivity contribution in [3.8, 4) is 0 Å². The van der Waals surface area contributed by atoms with Crippen molar-refractivity contribution in [3.63, 3.8) is 0 Å². The van der Waals surface area contributed by atoms with Crippen LogP contribution in [0.3, 0.4) is 0 Å². The highest BCUT2D eigenvalue weighted by atomic mass is 35.5. The number of halogens is 2. The zero-order chi connectivity index (χ0) is 14.7. The van der Waals surface area contributed by atoms with Crippen LogP contribution in [0, 0.1) is 5.92 Å². The Hall–Kier alpha value is -1.52. The van der Waals surface area contributed by atoms with Gasteiger partial charge in [0.25, 0.3) is 0 Å². The van der Waals surface area contributed by atoms with Gasteiger partial charge in [-0.15, -0.1) is 0 Å². The van der Waals surface area contributed by atoms with Crippen LogP contribution in [0.25, 0.3) is 6.08 Å². The lowest BCUT2D eigenvalue weighted by atomic mass is 9.96. The van der Waals surface area contributed by atoms with E-state index in [1.807, 2.05) is 0 Å². The Kier molecular flexibility index (Phi) is 4.68. The van der Waals surface area contributed by atoms with Crippen LogP contribution in [-0.2, 0) is 9.59 Å². The maximum absolute atomic E-state index is 11.8. The summed E-state index contributed by atoms with van der Waals surface area (Å²) < 4.78 is 0. The zero-order valence-electron chi connectivity index (χ0n) is 10.6. The molecule has 1 aromatic carbocycles. The molecule has 6 heteroatoms. The fraction of sp³-hybridized carbons (Fsp3) is 0.286. The SMILES string of the molecule is O=C(O)CC1CN(C(=O)C=Cc2ccc(Cl)c(Cl)c2)C1. The van der Waals surface area contributed by atoms with E-state index in [1.54, 1.807) is 29.2 Å². The Labute approximate surface area is 126 Å². The molecule has 106 valence electrons. The average molecular weight is 314 g/mol. The molecule has 0 saturated carbocycles. The third-order valence-corrected chi connectivity index (χ3v) is 3.83. The molecule has 0 atom stereocenters. The van der Waals surface area contributed by atoms with Crippen LogP contribution >= 0.6 is 23.2 Å². The van der Waals surface area contributed by atoms with Crippen LogP contribution in [0.4, 0.5) is 0 Å². The summed E-state index contributed by atoms with van der Waals surface area (Å²) >= 11 is 11.7. The van der Waals surface area contributed by atoms with Gasteiger partial charge in [-0.2, -0.15) is 0 Å². The van der Waals surface area contributed by atoms with Gasteiger partial charge >= 0.3 is 5.97 Å². The van der Waals surface area contributed by atoms with Gasteiger partial charge < -0.3 is 10.0 Å². The summed E-state index contributed by atoms with van der Waals surface area (Å²) in [5.74, 6) is -0.888. The summed E-state index contributed by atoms with van der Waals surface area (Å²) in [5, 5.41) is 9.54. The van der Waals surface area contributed by atoms with E-state index in [9.17, 15) is 9.59 Å². The standard InChI is InChI=1S/C14H13Cl2NO3/c15-11-3-1-9(5-12(11)16)2-4-13(18)17-7-10(8-17)6-14(19)20/h1-5,10H,6-8H2,(H,19,20). The number of amides is 1. The second-order valence-electron chi connectivity index (χ2n) is 4.71. The zero-order valence-corrected chi connectivity index (χ0v) is 12.1. The van der Waals surface area contributed by atoms with Gasteiger partial charge in [0.1, 0.15) is 0 Å². The van der Waals surface area contributed by atoms with E-state index in [0.29, 0.717) is 23.1 Å². The van der Waals surface area contributed by atoms with Crippen LogP contribution in [0.15, 0.2) is 24.3 Å². The minimum atomic E-state index is -0.826. The lowest BCUT2D eigenvalue weighted by Crippen LogP contribution is -2.49. The van der Waals surface area contributed by atoms with Crippen molar-refractivity contribution in [2.75, 3.05) is 13.1 Å². The van der Waals surface area contributed by atoms with E-state index in [0.717, 1.165) is 5.56 Å². The number of benzene rings is 1. The van der Waals surface area contributed by atoms with E-state index < -0.39 is 5.97 Å². The Balaban J connectivity index is 1.87. The van der Waals surface area contributed by atoms with E-state index in [2.05, 4.69) is 0 Å². The second-order valence-corrected chi connectivity index (χ2v) is 5.53. The highest BCUT2D eigenvalue weighted by Gasteiger charge is 2.30. The number of rotatable bonds is 4. The van der Waals surface area contributed by atoms with Gasteiger partial charge in [-0.25, -0.2) is 0 Å². The smallest absolute Gasteiger partial charge is 0.303 e. The number of carbonyl (C=O) groups excluding carboxylic acids is 1. The van der Waals surface area contributed by atoms with Gasteiger partial charge in [0.15, 0.2) is 0 Å². The summed E-state index contributed by atoms with van der Waals surface area (Å²) in [5.41, 5.74) is 0.787. The van der Waals surface area contributed by atoms with Crippen molar-refractivity contribution in [2.24, 2.45) is 5.92 Å². The third-order valence-electron chi connectivity index (χ3n) is 3.09. The van der Waals surface area contributed by atoms with E-state index in [1.165, 1.54) is 6.08 Å². The first kappa shape index (κ1) is 14.9. The molecule has 2 rings (SSSR count). The van der Waals surface area contributed by atoms with Crippen LogP contribution in [0.5, 0.6) is 0 Å². The largest absolute Gasteiger partial charge is 0.481 e. The second kappa shape index (κ2) is 6.29. The molecule has 1 aliphatic rings. The number of hydrogen-bond acceptors (Lipinski definition) is 2. The van der Waals surface area contributed by atoms with Gasteiger partial charge in [-0.3, -0.25) is 9.59 Å². The molecule has 1 saturated heterocycles. The first-order valence-corrected chi connectivity index (χ1v) is 6.85. The molecule has 1 aliphatic heterocycles. The fourth-order valence-corrected chi connectivity index (χ4v) is 2.32. The third kappa shape index (κ3) is 3.74. The number of likely N-dealkylation sites (tertiary alicyclic amines) is 1. The number of carboxylic acids is 1. The van der Waals surface area contributed by atoms with Gasteiger partial charge in [-0.05, 0) is 23.8 Å². The van der Waals surface area contributed by atoms with E-state index in [-0.39, 0.29) is 18.2 Å². The molecule has 1 aromatic rings. The van der Waals surface area contributed by atoms with Gasteiger partial charge in [0.05, 0.1) is 16.5 Å². The lowest BCUT2D eigenvalue weighted by Gasteiger charge is -2.37. The molecular weight excluding hydrogens is 301 g/mol. The molecule has 20 heavy (non-hydrogen) atoms. The molecule has 1 N–H and O–H groups in total. The van der Waals surface area contributed by atoms with Crippen LogP contribution in [-0.4, -0.2) is 35.0 Å². The molecule has 0 spiro atoms. The van der Waals surface area contributed by atoms with Gasteiger partial charge in [0, 0.05) is 25.1 Å². The molecule has 1 heterocycles. The predicted octanol–water partition coefficient (Wildman–Crippen LogP) is 2.94. The molecule has 0 unspecified atom stereocenters. The normalized spacial score (nSPS) is 15.4. The van der Waals surface area contributed by atoms with E-state index >= 15 is 0 Å². The molecule has 4 nitrogen and oxygen atoms in total. The minimum absolute atomic E-state index is 0.0647. The Morgan fingerprint density at radius 3 is 2.60 bits per heavy atom. The Morgan fingerprint density at radius 1 is 1.30 bits per heavy atom. The van der Waals surface area contributed by atoms with Crippen molar-refractivity contribution in [2.45, 2.75) is 6.42 Å². The van der Waals surface area contributed by atoms with Crippen LogP contribution < -0.4 is 0 Å². The molecule has 1 fully saturated rings. The monoisotopic (exact) mass is 313 g/mol. The highest BCUT2D eigenvalue weighted by molar-refractivity contribution is 6.42. The quantitative estimate of drug-likeness (QED) is 0.869. The highest BCUT2D eigenvalue weighted by Crippen LogP contribution is 2.23. The lowest BCUT2D eigenvalue weighted by molar-refractivity contribution is -0.143. The van der Waals surface area contributed by atoms with Crippen molar-refractivity contribution in [3.05, 3.63) is 39.9 Å². The molecular formula is C14H13Cl2NO3. The topological polar surface area (TPSA) is 57.6 Å². The summed E-state index contributed by atoms with van der Waals surface area (Å²) in [7, 11) is 0. The number of nitrogens with zero attached hydrogens (tertiary/aromatic N) is 1. The predicted molar refractivity (Wildman–Crippen MR) is 77.8 cm³/mol. The number of carboxylic acid groups (broad SMARTS) is 1. The minimum Gasteiger partial charge on any atom is -0.481 e. The Bertz CT molecular complexity index is 566. The first-order valence-electron chi connectivity index (χ1n) is 6.09. The molecule has 0 bridgehead atoms. The van der Waals surface area contributed by atoms with Crippen molar-refractivity contribution in [1.29, 1.82) is 0 Å². The molecule has 0 radical (unpaired) electrons. The van der Waals surface area contributed by atoms with Crippen molar-refractivity contribution < 1.29 is 14.7 Å². The van der Waals surface area contributed by atoms with Gasteiger partial charge in [-0.1, -0.05) is 29.3 Å². The van der Waals surface area contributed by atoms with Crippen molar-refractivity contribution in [1.82, 2.24) is 4.90 Å². The van der Waals surface area contributed by atoms with Crippen molar-refractivity contribution >= 4 is 41.2 Å². The number of hydrogen-bond donors (Lipinski definition) is 1. The first-order chi connectivity index (χ1) is 9.45. The number of carbonyl (C=O) groups is 2. The average Bonchev–Trinajstić information content (AvgIpc) is 2.34. The summed E-state index contributed by atoms with van der Waals surface area (Å²) in [4.78, 5) is 23.9. The summed E-state index contributed by atoms with van der Waals surface area (Å²) in [6.45, 7) is 0.994. The molecule has 0 aliphatic carbocycles. The van der Waals surface area contributed by atoms with Crippen LogP contribution in [0.2, 0.25) is 10.0 Å². The van der Waals surface area contributed by atoms with E-state index in [4.69, 9.17) is 28.3 Å². The van der Waals surface area contributed by atoms with Crippen LogP contribution in [0.1, 0.15) is 12.0 Å². The number of aliphatic carboxylic acids is 1. The fourth-order valence-electron chi connectivity index (χ4n) is 2.01. The molecule has 0 aromatic heterocycles. The summed E-state index contributed by atoms with van der Waals surface area (Å²) in [6, 6.07) is 5.11. The maximum Gasteiger partial charge on any atom is 0.303 e. The Morgan fingerprint density at radius 2 is 2.00 bits per heavy atom.